The van der Waals surface area contributed by atoms with E-state index in [2.05, 4.69) is 9.97 Å². The molecule has 3 aromatic rings. The maximum absolute atomic E-state index is 10.1. The molecule has 0 bridgehead atoms. The molecule has 4 nitrogen and oxygen atoms in total. The molecule has 0 radical (unpaired) electrons. The van der Waals surface area contributed by atoms with Crippen LogP contribution in [0.25, 0.3) is 0 Å². The zero-order valence-electron chi connectivity index (χ0n) is 10.7. The minimum absolute atomic E-state index is 0.529. The molecule has 0 saturated heterocycles. The molecule has 3 rings (SSSR count). The molecule has 20 heavy (non-hydrogen) atoms. The first-order valence-corrected chi connectivity index (χ1v) is 6.33. The van der Waals surface area contributed by atoms with Gasteiger partial charge in [-0.3, -0.25) is 0 Å². The number of ether oxygens (including phenoxy) is 1. The van der Waals surface area contributed by atoms with E-state index in [-0.39, 0.29) is 0 Å². The average Bonchev–Trinajstić information content (AvgIpc) is 3.03. The zero-order chi connectivity index (χ0) is 13.8. The molecule has 2 aromatic carbocycles. The SMILES string of the molecule is OC(c1ccc(Oc2ccccc2)cc1)c1ncc[nH]1. The van der Waals surface area contributed by atoms with Crippen LogP contribution in [0.1, 0.15) is 17.5 Å². The Morgan fingerprint density at radius 2 is 1.65 bits per heavy atom. The van der Waals surface area contributed by atoms with Crippen molar-refractivity contribution >= 4 is 0 Å². The number of H-pyrrole nitrogens is 1. The summed E-state index contributed by atoms with van der Waals surface area (Å²) in [7, 11) is 0. The Morgan fingerprint density at radius 3 is 2.30 bits per heavy atom. The molecule has 0 aliphatic heterocycles. The Balaban J connectivity index is 1.75. The summed E-state index contributed by atoms with van der Waals surface area (Å²) in [4.78, 5) is 6.94. The second-order valence-electron chi connectivity index (χ2n) is 4.36. The summed E-state index contributed by atoms with van der Waals surface area (Å²) in [6.07, 6.45) is 2.55. The number of aliphatic hydroxyl groups is 1. The Bertz CT molecular complexity index is 649. The van der Waals surface area contributed by atoms with Crippen molar-refractivity contribution in [1.29, 1.82) is 0 Å². The van der Waals surface area contributed by atoms with Crippen molar-refractivity contribution < 1.29 is 9.84 Å². The van der Waals surface area contributed by atoms with Gasteiger partial charge in [-0.1, -0.05) is 30.3 Å². The van der Waals surface area contributed by atoms with Crippen LogP contribution in [0.5, 0.6) is 11.5 Å². The lowest BCUT2D eigenvalue weighted by Crippen LogP contribution is -2.01. The van der Waals surface area contributed by atoms with E-state index in [1.54, 1.807) is 12.4 Å². The van der Waals surface area contributed by atoms with Crippen LogP contribution < -0.4 is 4.74 Å². The summed E-state index contributed by atoms with van der Waals surface area (Å²) in [6, 6.07) is 16.9. The normalized spacial score (nSPS) is 12.1. The van der Waals surface area contributed by atoms with Gasteiger partial charge in [-0.2, -0.15) is 0 Å². The number of rotatable bonds is 4. The van der Waals surface area contributed by atoms with Crippen molar-refractivity contribution in [3.8, 4) is 11.5 Å². The number of benzene rings is 2. The van der Waals surface area contributed by atoms with E-state index in [9.17, 15) is 5.11 Å². The number of nitrogens with one attached hydrogen (secondary N) is 1. The fourth-order valence-corrected chi connectivity index (χ4v) is 1.93. The van der Waals surface area contributed by atoms with Gasteiger partial charge in [-0.05, 0) is 29.8 Å². The van der Waals surface area contributed by atoms with E-state index in [4.69, 9.17) is 4.74 Å². The molecule has 0 aliphatic carbocycles. The number of imidazole rings is 1. The molecule has 4 heteroatoms. The molecule has 1 atom stereocenters. The molecule has 100 valence electrons. The third kappa shape index (κ3) is 2.70. The van der Waals surface area contributed by atoms with Gasteiger partial charge in [0.1, 0.15) is 23.4 Å². The quantitative estimate of drug-likeness (QED) is 0.761. The molecular weight excluding hydrogens is 252 g/mol. The van der Waals surface area contributed by atoms with Gasteiger partial charge in [0, 0.05) is 12.4 Å². The summed E-state index contributed by atoms with van der Waals surface area (Å²) in [6.45, 7) is 0. The Labute approximate surface area is 116 Å². The number of aromatic amines is 1. The number of aromatic nitrogens is 2. The standard InChI is InChI=1S/C16H14N2O2/c19-15(16-17-10-11-18-16)12-6-8-14(9-7-12)20-13-4-2-1-3-5-13/h1-11,15,19H,(H,17,18). The maximum Gasteiger partial charge on any atom is 0.139 e. The van der Waals surface area contributed by atoms with E-state index >= 15 is 0 Å². The van der Waals surface area contributed by atoms with Crippen LogP contribution >= 0.6 is 0 Å². The summed E-state index contributed by atoms with van der Waals surface area (Å²) in [5.74, 6) is 2.04. The molecule has 0 amide bonds. The second kappa shape index (κ2) is 5.59. The predicted octanol–water partition coefficient (Wildman–Crippen LogP) is 3.28. The average molecular weight is 266 g/mol. The second-order valence-corrected chi connectivity index (χ2v) is 4.36. The Morgan fingerprint density at radius 1 is 0.950 bits per heavy atom. The van der Waals surface area contributed by atoms with E-state index in [0.29, 0.717) is 5.82 Å². The lowest BCUT2D eigenvalue weighted by atomic mass is 10.1. The van der Waals surface area contributed by atoms with Gasteiger partial charge < -0.3 is 14.8 Å². The molecule has 0 aliphatic rings. The van der Waals surface area contributed by atoms with Gasteiger partial charge >= 0.3 is 0 Å². The fourth-order valence-electron chi connectivity index (χ4n) is 1.93. The highest BCUT2D eigenvalue weighted by Gasteiger charge is 2.12. The minimum atomic E-state index is -0.754. The number of hydrogen-bond donors (Lipinski definition) is 2. The molecule has 2 N–H and O–H groups in total. The largest absolute Gasteiger partial charge is 0.457 e. The molecule has 1 aromatic heterocycles. The number of aliphatic hydroxyl groups excluding tert-OH is 1. The molecule has 1 unspecified atom stereocenters. The molecule has 0 fully saturated rings. The van der Waals surface area contributed by atoms with Crippen LogP contribution in [-0.2, 0) is 0 Å². The van der Waals surface area contributed by atoms with Crippen molar-refractivity contribution in [2.45, 2.75) is 6.10 Å². The van der Waals surface area contributed by atoms with Crippen molar-refractivity contribution in [1.82, 2.24) is 9.97 Å². The van der Waals surface area contributed by atoms with Crippen LogP contribution in [0.3, 0.4) is 0 Å². The first-order chi connectivity index (χ1) is 9.83. The van der Waals surface area contributed by atoms with Gasteiger partial charge in [0.15, 0.2) is 0 Å². The van der Waals surface area contributed by atoms with E-state index < -0.39 is 6.10 Å². The van der Waals surface area contributed by atoms with Crippen LogP contribution in [0.15, 0.2) is 67.0 Å². The predicted molar refractivity (Wildman–Crippen MR) is 75.6 cm³/mol. The lowest BCUT2D eigenvalue weighted by molar-refractivity contribution is 0.211. The van der Waals surface area contributed by atoms with E-state index in [1.165, 1.54) is 0 Å². The van der Waals surface area contributed by atoms with Gasteiger partial charge in [-0.15, -0.1) is 0 Å². The summed E-state index contributed by atoms with van der Waals surface area (Å²) >= 11 is 0. The number of hydrogen-bond acceptors (Lipinski definition) is 3. The van der Waals surface area contributed by atoms with Gasteiger partial charge in [0.05, 0.1) is 0 Å². The van der Waals surface area contributed by atoms with Crippen LogP contribution in [0, 0.1) is 0 Å². The highest BCUT2D eigenvalue weighted by molar-refractivity contribution is 5.34. The van der Waals surface area contributed by atoms with Gasteiger partial charge in [-0.25, -0.2) is 4.98 Å². The smallest absolute Gasteiger partial charge is 0.139 e. The summed E-state index contributed by atoms with van der Waals surface area (Å²) < 4.78 is 5.70. The lowest BCUT2D eigenvalue weighted by Gasteiger charge is -2.10. The Kier molecular flexibility index (Phi) is 3.48. The first-order valence-electron chi connectivity index (χ1n) is 6.33. The van der Waals surface area contributed by atoms with E-state index in [0.717, 1.165) is 17.1 Å². The first kappa shape index (κ1) is 12.4. The monoisotopic (exact) mass is 266 g/mol. The van der Waals surface area contributed by atoms with Crippen LogP contribution in [0.4, 0.5) is 0 Å². The molecule has 1 heterocycles. The van der Waals surface area contributed by atoms with Gasteiger partial charge in [0.25, 0.3) is 0 Å². The number of nitrogens with zero attached hydrogens (tertiary/aromatic N) is 1. The van der Waals surface area contributed by atoms with Gasteiger partial charge in [0.2, 0.25) is 0 Å². The summed E-state index contributed by atoms with van der Waals surface area (Å²) in [5, 5.41) is 10.1. The third-order valence-corrected chi connectivity index (χ3v) is 2.95. The van der Waals surface area contributed by atoms with E-state index in [1.807, 2.05) is 54.6 Å². The fraction of sp³-hybridized carbons (Fsp3) is 0.0625. The maximum atomic E-state index is 10.1. The summed E-state index contributed by atoms with van der Waals surface area (Å²) in [5.41, 5.74) is 0.764. The minimum Gasteiger partial charge on any atom is -0.457 e. The van der Waals surface area contributed by atoms with Crippen molar-refractivity contribution in [3.05, 3.63) is 78.4 Å². The molecule has 0 saturated carbocycles. The topological polar surface area (TPSA) is 58.1 Å². The van der Waals surface area contributed by atoms with Crippen LogP contribution in [-0.4, -0.2) is 15.1 Å². The zero-order valence-corrected chi connectivity index (χ0v) is 10.7. The Hall–Kier alpha value is -2.59. The van der Waals surface area contributed by atoms with Crippen molar-refractivity contribution in [3.63, 3.8) is 0 Å². The highest BCUT2D eigenvalue weighted by Crippen LogP contribution is 2.24. The van der Waals surface area contributed by atoms with Crippen molar-refractivity contribution in [2.24, 2.45) is 0 Å². The number of para-hydroxylation sites is 1. The molecule has 0 spiro atoms. The third-order valence-electron chi connectivity index (χ3n) is 2.95. The van der Waals surface area contributed by atoms with Crippen LogP contribution in [0.2, 0.25) is 0 Å². The van der Waals surface area contributed by atoms with Crippen molar-refractivity contribution in [2.75, 3.05) is 0 Å². The highest BCUT2D eigenvalue weighted by atomic mass is 16.5. The molecular formula is C16H14N2O2.